The first-order valence-corrected chi connectivity index (χ1v) is 10.0. The number of aryl methyl sites for hydroxylation is 1. The molecule has 4 amide bonds. The van der Waals surface area contributed by atoms with Crippen LogP contribution >= 0.6 is 0 Å². The fourth-order valence-electron chi connectivity index (χ4n) is 3.45. The molecule has 0 bridgehead atoms. The van der Waals surface area contributed by atoms with Crippen LogP contribution in [0.1, 0.15) is 47.1 Å². The second kappa shape index (κ2) is 8.91. The summed E-state index contributed by atoms with van der Waals surface area (Å²) < 4.78 is 6.51. The second-order valence-corrected chi connectivity index (χ2v) is 7.40. The van der Waals surface area contributed by atoms with Gasteiger partial charge in [0.1, 0.15) is 5.69 Å². The van der Waals surface area contributed by atoms with Gasteiger partial charge in [-0.15, -0.1) is 0 Å². The minimum absolute atomic E-state index is 0.0609. The van der Waals surface area contributed by atoms with E-state index in [-0.39, 0.29) is 23.9 Å². The van der Waals surface area contributed by atoms with E-state index in [1.807, 2.05) is 0 Å². The number of fused-ring (bicyclic) bond motifs is 1. The molecule has 9 heteroatoms. The topological polar surface area (TPSA) is 115 Å². The summed E-state index contributed by atoms with van der Waals surface area (Å²) in [5.74, 6) is -2.83. The number of hydrogen-bond acceptors (Lipinski definition) is 6. The van der Waals surface area contributed by atoms with Gasteiger partial charge in [0.25, 0.3) is 23.6 Å². The number of imide groups is 2. The Morgan fingerprint density at radius 2 is 1.52 bits per heavy atom. The average molecular weight is 445 g/mol. The Balaban J connectivity index is 1.31. The van der Waals surface area contributed by atoms with E-state index in [0.29, 0.717) is 22.4 Å². The van der Waals surface area contributed by atoms with Gasteiger partial charge in [-0.2, -0.15) is 0 Å². The van der Waals surface area contributed by atoms with Crippen molar-refractivity contribution in [1.82, 2.24) is 14.8 Å². The molecule has 0 aliphatic carbocycles. The van der Waals surface area contributed by atoms with E-state index < -0.39 is 24.4 Å². The van der Waals surface area contributed by atoms with Crippen LogP contribution in [0.4, 0.5) is 0 Å². The largest absolute Gasteiger partial charge is 0.452 e. The summed E-state index contributed by atoms with van der Waals surface area (Å²) in [5.41, 5.74) is 1.86. The SMILES string of the molecule is Cn1cccc1C(=O)NC(=O)COC(=O)c1ccc(CN2C(=O)c3ccccc3C2=O)cc1. The number of hydrogen-bond donors (Lipinski definition) is 1. The van der Waals surface area contributed by atoms with E-state index in [2.05, 4.69) is 5.32 Å². The zero-order valence-corrected chi connectivity index (χ0v) is 17.6. The standard InChI is InChI=1S/C24H19N3O6/c1-26-12-4-7-19(26)21(29)25-20(28)14-33-24(32)16-10-8-15(9-11-16)13-27-22(30)17-5-2-3-6-18(17)23(27)31/h2-12H,13-14H2,1H3,(H,25,28,29). The summed E-state index contributed by atoms with van der Waals surface area (Å²) in [6, 6.07) is 16.0. The predicted molar refractivity (Wildman–Crippen MR) is 115 cm³/mol. The molecule has 33 heavy (non-hydrogen) atoms. The highest BCUT2D eigenvalue weighted by Crippen LogP contribution is 2.24. The first kappa shape index (κ1) is 21.7. The molecule has 2 heterocycles. The highest BCUT2D eigenvalue weighted by molar-refractivity contribution is 6.21. The zero-order valence-electron chi connectivity index (χ0n) is 17.6. The smallest absolute Gasteiger partial charge is 0.338 e. The molecule has 4 rings (SSSR count). The van der Waals surface area contributed by atoms with E-state index in [0.717, 1.165) is 4.90 Å². The Hall–Kier alpha value is -4.53. The highest BCUT2D eigenvalue weighted by Gasteiger charge is 2.34. The van der Waals surface area contributed by atoms with Crippen molar-refractivity contribution in [2.24, 2.45) is 7.05 Å². The van der Waals surface area contributed by atoms with Crippen molar-refractivity contribution in [2.75, 3.05) is 6.61 Å². The van der Waals surface area contributed by atoms with Crippen molar-refractivity contribution in [3.8, 4) is 0 Å². The van der Waals surface area contributed by atoms with Crippen LogP contribution in [0.3, 0.4) is 0 Å². The summed E-state index contributed by atoms with van der Waals surface area (Å²) in [5, 5.41) is 2.15. The van der Waals surface area contributed by atoms with E-state index >= 15 is 0 Å². The van der Waals surface area contributed by atoms with E-state index in [1.165, 1.54) is 12.1 Å². The summed E-state index contributed by atoms with van der Waals surface area (Å²) in [6.45, 7) is -0.558. The molecular weight excluding hydrogens is 426 g/mol. The summed E-state index contributed by atoms with van der Waals surface area (Å²) >= 11 is 0. The van der Waals surface area contributed by atoms with Crippen LogP contribution in [0.5, 0.6) is 0 Å². The molecule has 0 radical (unpaired) electrons. The quantitative estimate of drug-likeness (QED) is 0.458. The van der Waals surface area contributed by atoms with E-state index in [9.17, 15) is 24.0 Å². The van der Waals surface area contributed by atoms with Crippen LogP contribution in [0, 0.1) is 0 Å². The van der Waals surface area contributed by atoms with Gasteiger partial charge in [-0.05, 0) is 42.0 Å². The number of nitrogens with one attached hydrogen (secondary N) is 1. The lowest BCUT2D eigenvalue weighted by Gasteiger charge is -2.14. The third-order valence-electron chi connectivity index (χ3n) is 5.17. The monoisotopic (exact) mass is 445 g/mol. The van der Waals surface area contributed by atoms with Gasteiger partial charge >= 0.3 is 5.97 Å². The van der Waals surface area contributed by atoms with Gasteiger partial charge in [-0.1, -0.05) is 24.3 Å². The van der Waals surface area contributed by atoms with Crippen molar-refractivity contribution in [3.05, 3.63) is 94.8 Å². The molecular formula is C24H19N3O6. The van der Waals surface area contributed by atoms with Crippen LogP contribution in [0.15, 0.2) is 66.9 Å². The lowest BCUT2D eigenvalue weighted by Crippen LogP contribution is -2.35. The summed E-state index contributed by atoms with van der Waals surface area (Å²) in [4.78, 5) is 62.2. The molecule has 0 spiro atoms. The Bertz CT molecular complexity index is 1240. The van der Waals surface area contributed by atoms with Crippen molar-refractivity contribution in [3.63, 3.8) is 0 Å². The first-order valence-electron chi connectivity index (χ1n) is 10.0. The van der Waals surface area contributed by atoms with Crippen molar-refractivity contribution in [2.45, 2.75) is 6.54 Å². The molecule has 0 saturated carbocycles. The third kappa shape index (κ3) is 4.42. The number of esters is 1. The van der Waals surface area contributed by atoms with Crippen molar-refractivity contribution >= 4 is 29.6 Å². The number of carbonyl (C=O) groups excluding carboxylic acids is 5. The predicted octanol–water partition coefficient (Wildman–Crippen LogP) is 1.93. The zero-order chi connectivity index (χ0) is 23.5. The first-order chi connectivity index (χ1) is 15.8. The van der Waals surface area contributed by atoms with Gasteiger partial charge in [0.15, 0.2) is 6.61 Å². The Kier molecular flexibility index (Phi) is 5.86. The van der Waals surface area contributed by atoms with Gasteiger partial charge < -0.3 is 9.30 Å². The Labute approximate surface area is 188 Å². The average Bonchev–Trinajstić information content (AvgIpc) is 3.35. The normalized spacial score (nSPS) is 12.5. The van der Waals surface area contributed by atoms with Gasteiger partial charge in [0.05, 0.1) is 23.2 Å². The maximum absolute atomic E-state index is 12.5. The lowest BCUT2D eigenvalue weighted by molar-refractivity contribution is -0.123. The molecule has 9 nitrogen and oxygen atoms in total. The number of aromatic nitrogens is 1. The maximum Gasteiger partial charge on any atom is 0.338 e. The molecule has 0 atom stereocenters. The third-order valence-corrected chi connectivity index (χ3v) is 5.17. The minimum Gasteiger partial charge on any atom is -0.452 e. The highest BCUT2D eigenvalue weighted by atomic mass is 16.5. The number of benzene rings is 2. The van der Waals surface area contributed by atoms with Crippen LogP contribution in [-0.4, -0.2) is 45.7 Å². The molecule has 3 aromatic rings. The maximum atomic E-state index is 12.5. The molecule has 1 aliphatic rings. The van der Waals surface area contributed by atoms with Crippen molar-refractivity contribution < 1.29 is 28.7 Å². The summed E-state index contributed by atoms with van der Waals surface area (Å²) in [6.07, 6.45) is 1.66. The molecule has 0 saturated heterocycles. The van der Waals surface area contributed by atoms with Crippen LogP contribution in [-0.2, 0) is 23.1 Å². The molecule has 1 aliphatic heterocycles. The van der Waals surface area contributed by atoms with Gasteiger partial charge in [-0.3, -0.25) is 29.4 Å². The number of ether oxygens (including phenoxy) is 1. The summed E-state index contributed by atoms with van der Waals surface area (Å²) in [7, 11) is 1.66. The van der Waals surface area contributed by atoms with Crippen LogP contribution < -0.4 is 5.32 Å². The fraction of sp³-hybridized carbons (Fsp3) is 0.125. The van der Waals surface area contributed by atoms with Gasteiger partial charge in [0, 0.05) is 13.2 Å². The van der Waals surface area contributed by atoms with Crippen molar-refractivity contribution in [1.29, 1.82) is 0 Å². The number of nitrogens with zero attached hydrogens (tertiary/aromatic N) is 2. The lowest BCUT2D eigenvalue weighted by atomic mass is 10.1. The Morgan fingerprint density at radius 1 is 0.879 bits per heavy atom. The molecule has 1 N–H and O–H groups in total. The Morgan fingerprint density at radius 3 is 2.09 bits per heavy atom. The van der Waals surface area contributed by atoms with Gasteiger partial charge in [0.2, 0.25) is 0 Å². The van der Waals surface area contributed by atoms with E-state index in [4.69, 9.17) is 4.74 Å². The molecule has 1 aromatic heterocycles. The molecule has 166 valence electrons. The molecule has 2 aromatic carbocycles. The van der Waals surface area contributed by atoms with Crippen LogP contribution in [0.25, 0.3) is 0 Å². The molecule has 0 fully saturated rings. The minimum atomic E-state index is -0.753. The molecule has 0 unspecified atom stereocenters. The van der Waals surface area contributed by atoms with E-state index in [1.54, 1.807) is 66.3 Å². The number of carbonyl (C=O) groups is 5. The van der Waals surface area contributed by atoms with Gasteiger partial charge in [-0.25, -0.2) is 4.79 Å². The fourth-order valence-corrected chi connectivity index (χ4v) is 3.45. The van der Waals surface area contributed by atoms with Crippen LogP contribution in [0.2, 0.25) is 0 Å². The second-order valence-electron chi connectivity index (χ2n) is 7.40. The number of rotatable bonds is 6. The number of amides is 4.